The van der Waals surface area contributed by atoms with Gasteiger partial charge in [-0.3, -0.25) is 4.79 Å². The highest BCUT2D eigenvalue weighted by Gasteiger charge is 2.27. The predicted octanol–water partition coefficient (Wildman–Crippen LogP) is 1.59. The molecule has 9 nitrogen and oxygen atoms in total. The van der Waals surface area contributed by atoms with E-state index in [9.17, 15) is 4.79 Å². The number of nitrogens with zero attached hydrogens (tertiary/aromatic N) is 5. The van der Waals surface area contributed by atoms with Crippen LogP contribution in [0, 0.1) is 6.92 Å². The first-order valence-electron chi connectivity index (χ1n) is 7.55. The monoisotopic (exact) mass is 329 g/mol. The lowest BCUT2D eigenvalue weighted by molar-refractivity contribution is 0.0734. The molecule has 0 aliphatic carbocycles. The van der Waals surface area contributed by atoms with E-state index in [1.807, 2.05) is 4.90 Å². The van der Waals surface area contributed by atoms with Gasteiger partial charge in [0, 0.05) is 39.2 Å². The summed E-state index contributed by atoms with van der Waals surface area (Å²) in [5.41, 5.74) is 0.267. The second-order valence-electron chi connectivity index (χ2n) is 5.44. The first kappa shape index (κ1) is 14.5. The van der Waals surface area contributed by atoms with Gasteiger partial charge in [-0.05, 0) is 12.1 Å². The van der Waals surface area contributed by atoms with Gasteiger partial charge in [0.05, 0.1) is 6.26 Å². The van der Waals surface area contributed by atoms with E-state index in [1.165, 1.54) is 6.26 Å². The van der Waals surface area contributed by atoms with Gasteiger partial charge in [-0.1, -0.05) is 10.3 Å². The Bertz CT molecular complexity index is 830. The lowest BCUT2D eigenvalue weighted by Crippen LogP contribution is -2.49. The smallest absolute Gasteiger partial charge is 0.318 e. The third kappa shape index (κ3) is 2.64. The number of hydrogen-bond donors (Lipinski definition) is 0. The van der Waals surface area contributed by atoms with Crippen molar-refractivity contribution in [3.8, 4) is 11.5 Å². The van der Waals surface area contributed by atoms with Crippen molar-refractivity contribution < 1.29 is 18.2 Å². The second-order valence-corrected chi connectivity index (χ2v) is 5.44. The summed E-state index contributed by atoms with van der Waals surface area (Å²) < 4.78 is 15.8. The zero-order valence-corrected chi connectivity index (χ0v) is 13.0. The number of hydrogen-bond acceptors (Lipinski definition) is 8. The molecule has 24 heavy (non-hydrogen) atoms. The summed E-state index contributed by atoms with van der Waals surface area (Å²) in [5, 5.41) is 11.7. The number of rotatable bonds is 3. The van der Waals surface area contributed by atoms with E-state index in [0.717, 1.165) is 0 Å². The summed E-state index contributed by atoms with van der Waals surface area (Å²) in [6.45, 7) is 4.08. The average Bonchev–Trinajstić information content (AvgIpc) is 3.35. The van der Waals surface area contributed by atoms with Gasteiger partial charge in [-0.2, -0.15) is 0 Å². The third-order valence-corrected chi connectivity index (χ3v) is 3.85. The molecule has 4 heterocycles. The molecule has 3 aromatic heterocycles. The average molecular weight is 329 g/mol. The minimum atomic E-state index is -0.169. The molecule has 0 radical (unpaired) electrons. The molecule has 4 rings (SSSR count). The van der Waals surface area contributed by atoms with Gasteiger partial charge >= 0.3 is 6.01 Å². The lowest BCUT2D eigenvalue weighted by atomic mass is 10.2. The molecule has 1 fully saturated rings. The number of carbonyl (C=O) groups is 1. The van der Waals surface area contributed by atoms with Crippen LogP contribution in [0.3, 0.4) is 0 Å². The maximum absolute atomic E-state index is 12.5. The van der Waals surface area contributed by atoms with Gasteiger partial charge in [0.25, 0.3) is 5.91 Å². The summed E-state index contributed by atoms with van der Waals surface area (Å²) >= 11 is 0. The van der Waals surface area contributed by atoms with Crippen molar-refractivity contribution in [2.45, 2.75) is 6.92 Å². The van der Waals surface area contributed by atoms with Crippen LogP contribution in [0.4, 0.5) is 6.01 Å². The molecule has 0 bridgehead atoms. The first-order valence-corrected chi connectivity index (χ1v) is 7.55. The summed E-state index contributed by atoms with van der Waals surface area (Å²) in [7, 11) is 0. The van der Waals surface area contributed by atoms with E-state index < -0.39 is 0 Å². The highest BCUT2D eigenvalue weighted by Crippen LogP contribution is 2.22. The van der Waals surface area contributed by atoms with Crippen molar-refractivity contribution in [1.82, 2.24) is 20.3 Å². The van der Waals surface area contributed by atoms with E-state index in [1.54, 1.807) is 30.0 Å². The van der Waals surface area contributed by atoms with E-state index in [0.29, 0.717) is 49.6 Å². The molecule has 1 aliphatic rings. The van der Waals surface area contributed by atoms with Crippen LogP contribution in [0.2, 0.25) is 0 Å². The number of aryl methyl sites for hydroxylation is 1. The predicted molar refractivity (Wildman–Crippen MR) is 81.4 cm³/mol. The SMILES string of the molecule is Cc1nnc(N2CCN(C(=O)c3cc(-c4ccco4)on3)CC2)o1. The summed E-state index contributed by atoms with van der Waals surface area (Å²) in [6, 6.07) is 5.58. The Morgan fingerprint density at radius 3 is 2.67 bits per heavy atom. The van der Waals surface area contributed by atoms with Crippen LogP contribution in [-0.2, 0) is 0 Å². The summed E-state index contributed by atoms with van der Waals surface area (Å²) in [6.07, 6.45) is 1.54. The minimum absolute atomic E-state index is 0.169. The quantitative estimate of drug-likeness (QED) is 0.714. The maximum Gasteiger partial charge on any atom is 0.318 e. The van der Waals surface area contributed by atoms with Gasteiger partial charge in [-0.25, -0.2) is 0 Å². The second kappa shape index (κ2) is 5.84. The molecular formula is C15H15N5O4. The Morgan fingerprint density at radius 1 is 1.17 bits per heavy atom. The number of piperazine rings is 1. The summed E-state index contributed by atoms with van der Waals surface area (Å²) in [4.78, 5) is 16.2. The third-order valence-electron chi connectivity index (χ3n) is 3.85. The van der Waals surface area contributed by atoms with Crippen LogP contribution in [-0.4, -0.2) is 52.3 Å². The van der Waals surface area contributed by atoms with Crippen molar-refractivity contribution >= 4 is 11.9 Å². The Labute approximate surface area is 136 Å². The highest BCUT2D eigenvalue weighted by atomic mass is 16.5. The summed E-state index contributed by atoms with van der Waals surface area (Å²) in [5.74, 6) is 1.33. The zero-order valence-electron chi connectivity index (χ0n) is 13.0. The van der Waals surface area contributed by atoms with Crippen LogP contribution in [0.5, 0.6) is 0 Å². The molecule has 124 valence electrons. The van der Waals surface area contributed by atoms with E-state index >= 15 is 0 Å². The van der Waals surface area contributed by atoms with Crippen LogP contribution in [0.1, 0.15) is 16.4 Å². The van der Waals surface area contributed by atoms with Crippen molar-refractivity contribution in [2.75, 3.05) is 31.1 Å². The molecule has 0 saturated carbocycles. The van der Waals surface area contributed by atoms with E-state index in [2.05, 4.69) is 15.4 Å². The normalized spacial score (nSPS) is 15.0. The molecule has 1 saturated heterocycles. The molecule has 0 aromatic carbocycles. The van der Waals surface area contributed by atoms with Crippen LogP contribution < -0.4 is 4.90 Å². The lowest BCUT2D eigenvalue weighted by Gasteiger charge is -2.33. The van der Waals surface area contributed by atoms with Crippen LogP contribution >= 0.6 is 0 Å². The molecular weight excluding hydrogens is 314 g/mol. The molecule has 0 unspecified atom stereocenters. The number of aromatic nitrogens is 3. The molecule has 1 amide bonds. The number of furan rings is 1. The Balaban J connectivity index is 1.41. The highest BCUT2D eigenvalue weighted by molar-refractivity contribution is 5.93. The van der Waals surface area contributed by atoms with Gasteiger partial charge in [0.15, 0.2) is 11.5 Å². The van der Waals surface area contributed by atoms with Gasteiger partial charge in [-0.15, -0.1) is 5.10 Å². The molecule has 3 aromatic rings. The Kier molecular flexibility index (Phi) is 3.52. The fourth-order valence-electron chi connectivity index (χ4n) is 2.59. The number of amides is 1. The van der Waals surface area contributed by atoms with Gasteiger partial charge in [0.2, 0.25) is 11.7 Å². The Hall–Kier alpha value is -3.10. The van der Waals surface area contributed by atoms with Crippen molar-refractivity contribution in [3.05, 3.63) is 36.0 Å². The number of anilines is 1. The topological polar surface area (TPSA) is 102 Å². The number of carbonyl (C=O) groups excluding carboxylic acids is 1. The first-order chi connectivity index (χ1) is 11.7. The molecule has 1 aliphatic heterocycles. The Morgan fingerprint density at radius 2 is 2.00 bits per heavy atom. The molecule has 0 atom stereocenters. The maximum atomic E-state index is 12.5. The van der Waals surface area contributed by atoms with Gasteiger partial charge < -0.3 is 23.2 Å². The van der Waals surface area contributed by atoms with Crippen molar-refractivity contribution in [1.29, 1.82) is 0 Å². The molecule has 0 spiro atoms. The minimum Gasteiger partial charge on any atom is -0.461 e. The van der Waals surface area contributed by atoms with Crippen molar-refractivity contribution in [3.63, 3.8) is 0 Å². The zero-order chi connectivity index (χ0) is 16.5. The van der Waals surface area contributed by atoms with Crippen LogP contribution in [0.15, 0.2) is 37.8 Å². The molecule has 0 N–H and O–H groups in total. The largest absolute Gasteiger partial charge is 0.461 e. The van der Waals surface area contributed by atoms with E-state index in [-0.39, 0.29) is 11.6 Å². The molecule has 9 heteroatoms. The van der Waals surface area contributed by atoms with Crippen LogP contribution in [0.25, 0.3) is 11.5 Å². The standard InChI is InChI=1S/C15H15N5O4/c1-10-16-17-15(23-10)20-6-4-19(5-7-20)14(21)11-9-13(24-18-11)12-3-2-8-22-12/h2-3,8-9H,4-7H2,1H3. The fraction of sp³-hybridized carbons (Fsp3) is 0.333. The fourth-order valence-corrected chi connectivity index (χ4v) is 2.59. The van der Waals surface area contributed by atoms with Gasteiger partial charge in [0.1, 0.15) is 0 Å². The van der Waals surface area contributed by atoms with E-state index in [4.69, 9.17) is 13.4 Å². The van der Waals surface area contributed by atoms with Crippen molar-refractivity contribution in [2.24, 2.45) is 0 Å².